The topological polar surface area (TPSA) is 38.7 Å². The van der Waals surface area contributed by atoms with Crippen LogP contribution >= 0.6 is 0 Å². The number of rotatable bonds is 1. The van der Waals surface area contributed by atoms with Crippen LogP contribution in [-0.4, -0.2) is 12.2 Å². The lowest BCUT2D eigenvalue weighted by Gasteiger charge is -2.19. The van der Waals surface area contributed by atoms with Crippen molar-refractivity contribution in [1.29, 1.82) is 0 Å². The molecule has 2 rings (SSSR count). The van der Waals surface area contributed by atoms with Crippen LogP contribution in [0.25, 0.3) is 0 Å². The SMILES string of the molecule is COc1ccc(O)c2c1OC(C)=CC2. The third-order valence-electron chi connectivity index (χ3n) is 2.28. The van der Waals surface area contributed by atoms with Gasteiger partial charge in [0.15, 0.2) is 11.5 Å². The normalized spacial score (nSPS) is 14.0. The van der Waals surface area contributed by atoms with Crippen LogP contribution < -0.4 is 9.47 Å². The predicted molar refractivity (Wildman–Crippen MR) is 52.7 cm³/mol. The number of phenols is 1. The second-order valence-electron chi connectivity index (χ2n) is 3.22. The molecule has 74 valence electrons. The monoisotopic (exact) mass is 192 g/mol. The molecular weight excluding hydrogens is 180 g/mol. The average molecular weight is 192 g/mol. The van der Waals surface area contributed by atoms with Crippen molar-refractivity contribution in [3.8, 4) is 17.2 Å². The van der Waals surface area contributed by atoms with Gasteiger partial charge in [-0.1, -0.05) is 0 Å². The van der Waals surface area contributed by atoms with E-state index in [1.165, 1.54) is 0 Å². The number of benzene rings is 1. The van der Waals surface area contributed by atoms with Gasteiger partial charge in [-0.2, -0.15) is 0 Å². The highest BCUT2D eigenvalue weighted by Crippen LogP contribution is 2.40. The molecule has 1 aliphatic rings. The summed E-state index contributed by atoms with van der Waals surface area (Å²) in [6.07, 6.45) is 2.62. The molecule has 0 saturated carbocycles. The second-order valence-corrected chi connectivity index (χ2v) is 3.22. The van der Waals surface area contributed by atoms with Gasteiger partial charge in [-0.05, 0) is 25.1 Å². The number of allylic oxidation sites excluding steroid dienone is 2. The van der Waals surface area contributed by atoms with Crippen LogP contribution in [0.5, 0.6) is 17.2 Å². The maximum Gasteiger partial charge on any atom is 0.175 e. The first kappa shape index (κ1) is 8.94. The molecule has 0 saturated heterocycles. The molecule has 1 heterocycles. The Morgan fingerprint density at radius 3 is 2.93 bits per heavy atom. The van der Waals surface area contributed by atoms with E-state index in [1.54, 1.807) is 19.2 Å². The first-order valence-corrected chi connectivity index (χ1v) is 4.46. The van der Waals surface area contributed by atoms with E-state index >= 15 is 0 Å². The molecule has 1 N–H and O–H groups in total. The van der Waals surface area contributed by atoms with Crippen molar-refractivity contribution in [2.45, 2.75) is 13.3 Å². The summed E-state index contributed by atoms with van der Waals surface area (Å²) in [5, 5.41) is 9.60. The van der Waals surface area contributed by atoms with Gasteiger partial charge in [0.2, 0.25) is 0 Å². The Bertz CT molecular complexity index is 394. The average Bonchev–Trinajstić information content (AvgIpc) is 2.18. The van der Waals surface area contributed by atoms with Crippen LogP contribution in [-0.2, 0) is 6.42 Å². The summed E-state index contributed by atoms with van der Waals surface area (Å²) in [6, 6.07) is 3.32. The Balaban J connectivity index is 2.54. The van der Waals surface area contributed by atoms with Gasteiger partial charge in [0.25, 0.3) is 0 Å². The van der Waals surface area contributed by atoms with Crippen LogP contribution in [0.2, 0.25) is 0 Å². The molecule has 0 bridgehead atoms. The molecule has 3 nitrogen and oxygen atoms in total. The third kappa shape index (κ3) is 1.31. The molecule has 0 fully saturated rings. The minimum atomic E-state index is 0.254. The second kappa shape index (κ2) is 3.25. The van der Waals surface area contributed by atoms with E-state index in [2.05, 4.69) is 0 Å². The van der Waals surface area contributed by atoms with E-state index in [1.807, 2.05) is 13.0 Å². The maximum absolute atomic E-state index is 9.60. The molecule has 1 aromatic carbocycles. The lowest BCUT2D eigenvalue weighted by molar-refractivity contribution is 0.348. The summed E-state index contributed by atoms with van der Waals surface area (Å²) in [6.45, 7) is 1.88. The van der Waals surface area contributed by atoms with Crippen molar-refractivity contribution >= 4 is 0 Å². The van der Waals surface area contributed by atoms with Crippen LogP contribution in [0.1, 0.15) is 12.5 Å². The fourth-order valence-electron chi connectivity index (χ4n) is 1.51. The van der Waals surface area contributed by atoms with Crippen LogP contribution in [0.4, 0.5) is 0 Å². The van der Waals surface area contributed by atoms with Crippen molar-refractivity contribution in [1.82, 2.24) is 0 Å². The number of fused-ring (bicyclic) bond motifs is 1. The van der Waals surface area contributed by atoms with Crippen molar-refractivity contribution < 1.29 is 14.6 Å². The maximum atomic E-state index is 9.60. The highest BCUT2D eigenvalue weighted by atomic mass is 16.5. The number of methoxy groups -OCH3 is 1. The van der Waals surface area contributed by atoms with E-state index in [-0.39, 0.29) is 5.75 Å². The first-order chi connectivity index (χ1) is 6.72. The Hall–Kier alpha value is -1.64. The Morgan fingerprint density at radius 2 is 2.21 bits per heavy atom. The lowest BCUT2D eigenvalue weighted by atomic mass is 10.1. The molecule has 0 unspecified atom stereocenters. The molecule has 0 spiro atoms. The number of aromatic hydroxyl groups is 1. The quantitative estimate of drug-likeness (QED) is 0.741. The standard InChI is InChI=1S/C11H12O3/c1-7-3-4-8-9(12)5-6-10(13-2)11(8)14-7/h3,5-6,12H,4H2,1-2H3. The highest BCUT2D eigenvalue weighted by Gasteiger charge is 2.18. The summed E-state index contributed by atoms with van der Waals surface area (Å²) in [5.41, 5.74) is 0.787. The third-order valence-corrected chi connectivity index (χ3v) is 2.28. The smallest absolute Gasteiger partial charge is 0.175 e. The first-order valence-electron chi connectivity index (χ1n) is 4.46. The Kier molecular flexibility index (Phi) is 2.08. The zero-order valence-corrected chi connectivity index (χ0v) is 8.20. The summed E-state index contributed by atoms with van der Waals surface area (Å²) >= 11 is 0. The molecule has 0 aromatic heterocycles. The molecule has 1 aromatic rings. The van der Waals surface area contributed by atoms with E-state index in [0.29, 0.717) is 17.9 Å². The number of ether oxygens (including phenoxy) is 2. The summed E-state index contributed by atoms with van der Waals surface area (Å²) in [5.74, 6) is 2.38. The van der Waals surface area contributed by atoms with Crippen LogP contribution in [0, 0.1) is 0 Å². The van der Waals surface area contributed by atoms with Crippen molar-refractivity contribution in [3.05, 3.63) is 29.5 Å². The van der Waals surface area contributed by atoms with Gasteiger partial charge in [0.05, 0.1) is 12.9 Å². The predicted octanol–water partition coefficient (Wildman–Crippen LogP) is 2.24. The number of hydrogen-bond donors (Lipinski definition) is 1. The molecule has 0 atom stereocenters. The molecule has 1 aliphatic heterocycles. The number of phenolic OH excluding ortho intramolecular Hbond substituents is 1. The summed E-state index contributed by atoms with van der Waals surface area (Å²) in [4.78, 5) is 0. The van der Waals surface area contributed by atoms with Gasteiger partial charge >= 0.3 is 0 Å². The molecular formula is C11H12O3. The van der Waals surface area contributed by atoms with Crippen molar-refractivity contribution in [2.75, 3.05) is 7.11 Å². The van der Waals surface area contributed by atoms with E-state index < -0.39 is 0 Å². The summed E-state index contributed by atoms with van der Waals surface area (Å²) < 4.78 is 10.7. The van der Waals surface area contributed by atoms with Gasteiger partial charge in [-0.25, -0.2) is 0 Å². The van der Waals surface area contributed by atoms with E-state index in [4.69, 9.17) is 9.47 Å². The largest absolute Gasteiger partial charge is 0.508 e. The van der Waals surface area contributed by atoms with E-state index in [9.17, 15) is 5.11 Å². The highest BCUT2D eigenvalue weighted by molar-refractivity contribution is 5.55. The Labute approximate surface area is 82.6 Å². The van der Waals surface area contributed by atoms with Crippen molar-refractivity contribution in [3.63, 3.8) is 0 Å². The molecule has 0 radical (unpaired) electrons. The van der Waals surface area contributed by atoms with Crippen LogP contribution in [0.3, 0.4) is 0 Å². The Morgan fingerprint density at radius 1 is 1.43 bits per heavy atom. The molecule has 0 amide bonds. The summed E-state index contributed by atoms with van der Waals surface area (Å²) in [7, 11) is 1.59. The van der Waals surface area contributed by atoms with Gasteiger partial charge in [0.1, 0.15) is 5.75 Å². The van der Waals surface area contributed by atoms with Crippen molar-refractivity contribution in [2.24, 2.45) is 0 Å². The van der Waals surface area contributed by atoms with Crippen LogP contribution in [0.15, 0.2) is 24.0 Å². The minimum Gasteiger partial charge on any atom is -0.508 e. The zero-order chi connectivity index (χ0) is 10.1. The molecule has 14 heavy (non-hydrogen) atoms. The fourth-order valence-corrected chi connectivity index (χ4v) is 1.51. The minimum absolute atomic E-state index is 0.254. The van der Waals surface area contributed by atoms with Gasteiger partial charge in [-0.3, -0.25) is 0 Å². The number of hydrogen-bond acceptors (Lipinski definition) is 3. The van der Waals surface area contributed by atoms with E-state index in [0.717, 1.165) is 11.3 Å². The van der Waals surface area contributed by atoms with Gasteiger partial charge in [-0.15, -0.1) is 0 Å². The lowest BCUT2D eigenvalue weighted by Crippen LogP contribution is -2.04. The molecule has 3 heteroatoms. The van der Waals surface area contributed by atoms with Gasteiger partial charge < -0.3 is 14.6 Å². The van der Waals surface area contributed by atoms with Gasteiger partial charge in [0, 0.05) is 12.0 Å². The zero-order valence-electron chi connectivity index (χ0n) is 8.20. The fraction of sp³-hybridized carbons (Fsp3) is 0.273. The molecule has 0 aliphatic carbocycles.